The zero-order chi connectivity index (χ0) is 21.3. The number of aliphatic hydroxyl groups excluding tert-OH is 1. The molecule has 1 aromatic heterocycles. The number of benzene rings is 2. The average Bonchev–Trinajstić information content (AvgIpc) is 2.89. The molecule has 3 rings (SSSR count). The number of aromatic hydroxyl groups is 1. The van der Waals surface area contributed by atoms with Crippen molar-refractivity contribution in [3.05, 3.63) is 58.7 Å². The highest BCUT2D eigenvalue weighted by Crippen LogP contribution is 2.36. The lowest BCUT2D eigenvalue weighted by atomic mass is 10.1. The molecule has 5 nitrogen and oxygen atoms in total. The fourth-order valence-corrected chi connectivity index (χ4v) is 3.76. The van der Waals surface area contributed by atoms with Gasteiger partial charge in [-0.3, -0.25) is 14.4 Å². The molecule has 0 aliphatic heterocycles. The lowest BCUT2D eigenvalue weighted by Crippen LogP contribution is -2.12. The van der Waals surface area contributed by atoms with Gasteiger partial charge in [-0.05, 0) is 69.5 Å². The molecule has 2 aromatic carbocycles. The van der Waals surface area contributed by atoms with E-state index in [9.17, 15) is 15.0 Å². The largest absolute Gasteiger partial charge is 0.494 e. The topological polar surface area (TPSA) is 74.8 Å². The van der Waals surface area contributed by atoms with Gasteiger partial charge in [0, 0.05) is 23.2 Å². The summed E-state index contributed by atoms with van der Waals surface area (Å²) in [5.74, 6) is -0.0208. The number of hydrogen-bond donors (Lipinski definition) is 2. The van der Waals surface area contributed by atoms with Gasteiger partial charge in [0.15, 0.2) is 5.78 Å². The molecule has 0 radical (unpaired) electrons. The van der Waals surface area contributed by atoms with Crippen molar-refractivity contribution < 1.29 is 15.0 Å². The molecule has 0 saturated carbocycles. The third-order valence-electron chi connectivity index (χ3n) is 4.94. The van der Waals surface area contributed by atoms with Crippen molar-refractivity contribution in [3.63, 3.8) is 0 Å². The van der Waals surface area contributed by atoms with Crippen LogP contribution in [0.3, 0.4) is 0 Å². The molecule has 0 aliphatic rings. The summed E-state index contributed by atoms with van der Waals surface area (Å²) in [6.45, 7) is 9.45. The highest BCUT2D eigenvalue weighted by molar-refractivity contribution is 6.13. The van der Waals surface area contributed by atoms with Gasteiger partial charge in [-0.2, -0.15) is 0 Å². The van der Waals surface area contributed by atoms with Crippen LogP contribution in [-0.2, 0) is 4.79 Å². The van der Waals surface area contributed by atoms with Gasteiger partial charge in [0.1, 0.15) is 0 Å². The van der Waals surface area contributed by atoms with Gasteiger partial charge >= 0.3 is 0 Å². The molecule has 29 heavy (non-hydrogen) atoms. The first-order valence-corrected chi connectivity index (χ1v) is 9.81. The minimum Gasteiger partial charge on any atom is -0.494 e. The minimum atomic E-state index is -0.680. The smallest absolute Gasteiger partial charge is 0.206 e. The van der Waals surface area contributed by atoms with Crippen LogP contribution >= 0.6 is 0 Å². The normalized spacial score (nSPS) is 13.1. The van der Waals surface area contributed by atoms with E-state index in [-0.39, 0.29) is 24.6 Å². The number of hydrogen-bond acceptors (Lipinski definition) is 4. The second-order valence-electron chi connectivity index (χ2n) is 7.89. The van der Waals surface area contributed by atoms with Crippen LogP contribution in [0.25, 0.3) is 16.6 Å². The molecule has 0 fully saturated rings. The predicted molar refractivity (Wildman–Crippen MR) is 118 cm³/mol. The molecule has 0 saturated heterocycles. The van der Waals surface area contributed by atoms with Crippen molar-refractivity contribution in [1.29, 1.82) is 0 Å². The molecule has 1 unspecified atom stereocenters. The van der Waals surface area contributed by atoms with Crippen LogP contribution in [0, 0.1) is 20.8 Å². The van der Waals surface area contributed by atoms with Crippen LogP contribution in [0.4, 0.5) is 0 Å². The first-order chi connectivity index (χ1) is 13.7. The lowest BCUT2D eigenvalue weighted by molar-refractivity contribution is -0.119. The van der Waals surface area contributed by atoms with Crippen molar-refractivity contribution in [3.8, 4) is 11.6 Å². The Kier molecular flexibility index (Phi) is 5.89. The molecule has 0 amide bonds. The summed E-state index contributed by atoms with van der Waals surface area (Å²) < 4.78 is 1.84. The van der Waals surface area contributed by atoms with Crippen LogP contribution in [-0.4, -0.2) is 38.9 Å². The second-order valence-corrected chi connectivity index (χ2v) is 7.89. The summed E-state index contributed by atoms with van der Waals surface area (Å²) in [4.78, 5) is 16.4. The van der Waals surface area contributed by atoms with Gasteiger partial charge in [0.05, 0.1) is 23.7 Å². The number of aryl methyl sites for hydroxylation is 3. The quantitative estimate of drug-likeness (QED) is 0.610. The van der Waals surface area contributed by atoms with Gasteiger partial charge in [-0.15, -0.1) is 0 Å². The summed E-state index contributed by atoms with van der Waals surface area (Å²) >= 11 is 0. The Morgan fingerprint density at radius 2 is 1.72 bits per heavy atom. The predicted octanol–water partition coefficient (Wildman–Crippen LogP) is 4.41. The summed E-state index contributed by atoms with van der Waals surface area (Å²) in [5.41, 5.74) is 6.33. The van der Waals surface area contributed by atoms with E-state index in [0.717, 1.165) is 33.3 Å². The number of ketones is 1. The summed E-state index contributed by atoms with van der Waals surface area (Å²) in [6, 6.07) is 12.2. The van der Waals surface area contributed by atoms with Crippen molar-refractivity contribution in [2.24, 2.45) is 4.99 Å². The lowest BCUT2D eigenvalue weighted by Gasteiger charge is -2.10. The maximum Gasteiger partial charge on any atom is 0.206 e. The highest BCUT2D eigenvalue weighted by atomic mass is 16.3. The van der Waals surface area contributed by atoms with Gasteiger partial charge in [0.25, 0.3) is 0 Å². The molecule has 152 valence electrons. The van der Waals surface area contributed by atoms with Gasteiger partial charge in [0.2, 0.25) is 5.88 Å². The Morgan fingerprint density at radius 3 is 2.34 bits per heavy atom. The molecule has 1 atom stereocenters. The van der Waals surface area contributed by atoms with E-state index in [1.165, 1.54) is 0 Å². The Morgan fingerprint density at radius 1 is 1.07 bits per heavy atom. The van der Waals surface area contributed by atoms with Crippen molar-refractivity contribution >= 4 is 22.4 Å². The molecule has 3 aromatic rings. The zero-order valence-corrected chi connectivity index (χ0v) is 17.7. The third-order valence-corrected chi connectivity index (χ3v) is 4.94. The van der Waals surface area contributed by atoms with Gasteiger partial charge in [-0.25, -0.2) is 0 Å². The molecule has 0 aliphatic carbocycles. The SMILES string of the molecule is CC(=NCC(=O)CC(C)O)c1c(O)n(-c2cc(C)cc(C)c2)c2cc(C)ccc12. The van der Waals surface area contributed by atoms with E-state index < -0.39 is 6.10 Å². The maximum atomic E-state index is 11.9. The Labute approximate surface area is 171 Å². The van der Waals surface area contributed by atoms with Crippen LogP contribution < -0.4 is 0 Å². The highest BCUT2D eigenvalue weighted by Gasteiger charge is 2.20. The minimum absolute atomic E-state index is 0.0156. The number of carbonyl (C=O) groups is 1. The number of aromatic nitrogens is 1. The van der Waals surface area contributed by atoms with E-state index in [0.29, 0.717) is 11.3 Å². The van der Waals surface area contributed by atoms with Crippen molar-refractivity contribution in [2.75, 3.05) is 6.54 Å². The Bertz CT molecular complexity index is 1090. The zero-order valence-electron chi connectivity index (χ0n) is 17.7. The fourth-order valence-electron chi connectivity index (χ4n) is 3.76. The van der Waals surface area contributed by atoms with Crippen LogP contribution in [0.1, 0.15) is 42.5 Å². The second kappa shape index (κ2) is 8.21. The van der Waals surface area contributed by atoms with E-state index in [4.69, 9.17) is 0 Å². The first kappa shape index (κ1) is 20.8. The van der Waals surface area contributed by atoms with Crippen LogP contribution in [0.2, 0.25) is 0 Å². The van der Waals surface area contributed by atoms with E-state index in [1.807, 2.05) is 55.7 Å². The Balaban J connectivity index is 2.16. The molecule has 5 heteroatoms. The maximum absolute atomic E-state index is 11.9. The average molecular weight is 392 g/mol. The summed E-state index contributed by atoms with van der Waals surface area (Å²) in [5, 5.41) is 21.4. The van der Waals surface area contributed by atoms with E-state index >= 15 is 0 Å². The van der Waals surface area contributed by atoms with Crippen LogP contribution in [0.5, 0.6) is 5.88 Å². The number of rotatable bonds is 6. The standard InChI is InChI=1S/C24H28N2O3/c1-14-6-7-21-22(11-14)26(19-9-15(2)8-16(3)10-19)24(29)23(21)18(5)25-13-20(28)12-17(4)27/h6-11,17,27,29H,12-13H2,1-5H3. The number of nitrogens with zero attached hydrogens (tertiary/aromatic N) is 2. The number of fused-ring (bicyclic) bond motifs is 1. The molecule has 2 N–H and O–H groups in total. The van der Waals surface area contributed by atoms with Gasteiger partial charge < -0.3 is 10.2 Å². The molecule has 0 bridgehead atoms. The molecule has 0 spiro atoms. The van der Waals surface area contributed by atoms with E-state index in [1.54, 1.807) is 13.8 Å². The number of aliphatic hydroxyl groups is 1. The first-order valence-electron chi connectivity index (χ1n) is 9.81. The molecule has 1 heterocycles. The summed E-state index contributed by atoms with van der Waals surface area (Å²) in [7, 11) is 0. The molecular weight excluding hydrogens is 364 g/mol. The number of Topliss-reactive ketones (excluding diaryl/α,β-unsaturated/α-hetero) is 1. The monoisotopic (exact) mass is 392 g/mol. The third kappa shape index (κ3) is 4.40. The van der Waals surface area contributed by atoms with Crippen molar-refractivity contribution in [2.45, 2.75) is 47.1 Å². The summed E-state index contributed by atoms with van der Waals surface area (Å²) in [6.07, 6.45) is -0.604. The fraction of sp³-hybridized carbons (Fsp3) is 0.333. The van der Waals surface area contributed by atoms with Gasteiger partial charge in [-0.1, -0.05) is 18.2 Å². The Hall–Kier alpha value is -2.92. The number of carbonyl (C=O) groups excluding carboxylic acids is 1. The molecular formula is C24H28N2O3. The van der Waals surface area contributed by atoms with E-state index in [2.05, 4.69) is 11.1 Å². The van der Waals surface area contributed by atoms with Crippen LogP contribution in [0.15, 0.2) is 41.4 Å². The number of aliphatic imine (C=N–C) groups is 1. The van der Waals surface area contributed by atoms with Crippen molar-refractivity contribution in [1.82, 2.24) is 4.57 Å².